The molecule has 1 fully saturated rings. The van der Waals surface area contributed by atoms with Crippen molar-refractivity contribution in [1.29, 1.82) is 0 Å². The molecule has 278 valence electrons. The highest BCUT2D eigenvalue weighted by molar-refractivity contribution is 7.13. The molecule has 11 nitrogen and oxygen atoms in total. The normalized spacial score (nSPS) is 17.4. The Hall–Kier alpha value is -4.71. The largest absolute Gasteiger partial charge is 0.447 e. The van der Waals surface area contributed by atoms with E-state index in [2.05, 4.69) is 47.8 Å². The van der Waals surface area contributed by atoms with Crippen LogP contribution < -0.4 is 11.1 Å². The molecule has 2 aliphatic rings. The van der Waals surface area contributed by atoms with Crippen molar-refractivity contribution in [3.05, 3.63) is 82.2 Å². The maximum atomic E-state index is 15.4. The van der Waals surface area contributed by atoms with Crippen molar-refractivity contribution >= 4 is 40.9 Å². The van der Waals surface area contributed by atoms with Crippen LogP contribution in [-0.2, 0) is 9.53 Å². The average molecular weight is 771 g/mol. The SMILES string of the molecule is CC(C)(C)C.NC1=NC(c2ccc(-c3cncs3)cc2F)C(=O)N1C(COC(=O)NC1(C(F)(F)F)CC1)c1ccc(Cl)c(-n2ncnc2C(F)F)c1. The van der Waals surface area contributed by atoms with E-state index in [1.54, 1.807) is 17.8 Å². The standard InChI is InChI=1S/C28H21ClF6N8O3S.C5H12/c29-16-4-2-13(8-18(16)43-23(22(31)32)38-11-39-43)19(10-46-26(45)41-27(5-6-27)28(33,34)35)42-24(44)21(40-25(42)36)15-3-1-14(7-17(15)30)20-9-37-12-47-20;1-5(2,3)4/h1-4,7-9,11-12,19,21-22H,5-6,10H2,(H2,36,40)(H,41,45);1-4H3. The van der Waals surface area contributed by atoms with Crippen LogP contribution in [-0.4, -0.2) is 60.9 Å². The second-order valence-electron chi connectivity index (χ2n) is 13.6. The van der Waals surface area contributed by atoms with Crippen LogP contribution in [0.3, 0.4) is 0 Å². The van der Waals surface area contributed by atoms with E-state index in [0.29, 0.717) is 15.9 Å². The first-order chi connectivity index (χ1) is 24.3. The van der Waals surface area contributed by atoms with Gasteiger partial charge in [-0.3, -0.25) is 14.7 Å². The number of halogens is 7. The van der Waals surface area contributed by atoms with E-state index < -0.39 is 66.4 Å². The Labute approximate surface area is 302 Å². The lowest BCUT2D eigenvalue weighted by Crippen LogP contribution is -2.49. The number of hydrogen-bond donors (Lipinski definition) is 2. The van der Waals surface area contributed by atoms with Gasteiger partial charge in [-0.2, -0.15) is 18.3 Å². The molecular formula is C33H33ClF6N8O3S. The summed E-state index contributed by atoms with van der Waals surface area (Å²) in [7, 11) is 0. The number of rotatable bonds is 9. The number of aromatic nitrogens is 4. The van der Waals surface area contributed by atoms with E-state index in [9.17, 15) is 31.5 Å². The molecule has 2 atom stereocenters. The number of nitrogens with two attached hydrogens (primary N) is 1. The zero-order chi connectivity index (χ0) is 38.2. The highest BCUT2D eigenvalue weighted by Gasteiger charge is 2.64. The summed E-state index contributed by atoms with van der Waals surface area (Å²) in [4.78, 5) is 39.6. The van der Waals surface area contributed by atoms with Crippen molar-refractivity contribution in [2.75, 3.05) is 6.61 Å². The van der Waals surface area contributed by atoms with Crippen LogP contribution in [0.2, 0.25) is 5.02 Å². The molecule has 1 saturated carbocycles. The molecule has 0 spiro atoms. The lowest BCUT2D eigenvalue weighted by atomic mass is 10.0. The van der Waals surface area contributed by atoms with Gasteiger partial charge in [0.25, 0.3) is 12.3 Å². The summed E-state index contributed by atoms with van der Waals surface area (Å²) in [6.07, 6.45) is -7.49. The van der Waals surface area contributed by atoms with E-state index in [1.165, 1.54) is 41.7 Å². The number of carbonyl (C=O) groups excluding carboxylic acids is 2. The average Bonchev–Trinajstić information content (AvgIpc) is 3.37. The Morgan fingerprint density at radius 3 is 2.42 bits per heavy atom. The fourth-order valence-electron chi connectivity index (χ4n) is 5.07. The molecule has 3 N–H and O–H groups in total. The molecule has 19 heteroatoms. The van der Waals surface area contributed by atoms with Crippen molar-refractivity contribution in [3.63, 3.8) is 0 Å². The Morgan fingerprint density at radius 2 is 1.85 bits per heavy atom. The van der Waals surface area contributed by atoms with Gasteiger partial charge in [0.2, 0.25) is 0 Å². The van der Waals surface area contributed by atoms with Gasteiger partial charge in [0.05, 0.1) is 27.1 Å². The molecule has 0 radical (unpaired) electrons. The van der Waals surface area contributed by atoms with Gasteiger partial charge in [-0.25, -0.2) is 32.6 Å². The van der Waals surface area contributed by atoms with E-state index in [4.69, 9.17) is 22.1 Å². The van der Waals surface area contributed by atoms with E-state index in [-0.39, 0.29) is 34.7 Å². The van der Waals surface area contributed by atoms with Crippen LogP contribution in [0.4, 0.5) is 31.1 Å². The third-order valence-corrected chi connectivity index (χ3v) is 8.80. The summed E-state index contributed by atoms with van der Waals surface area (Å²) in [5, 5.41) is 5.55. The molecule has 2 unspecified atom stereocenters. The van der Waals surface area contributed by atoms with Gasteiger partial charge < -0.3 is 15.8 Å². The van der Waals surface area contributed by atoms with Gasteiger partial charge >= 0.3 is 12.3 Å². The fourth-order valence-corrected chi connectivity index (χ4v) is 5.88. The summed E-state index contributed by atoms with van der Waals surface area (Å²) in [5.41, 5.74) is 6.14. The van der Waals surface area contributed by atoms with Crippen molar-refractivity contribution in [1.82, 2.24) is 30.0 Å². The molecule has 4 aromatic rings. The monoisotopic (exact) mass is 770 g/mol. The Bertz CT molecular complexity index is 1960. The zero-order valence-electron chi connectivity index (χ0n) is 28.1. The number of aliphatic imine (C=N–C) groups is 1. The molecular weight excluding hydrogens is 738 g/mol. The second kappa shape index (κ2) is 14.7. The van der Waals surface area contributed by atoms with Crippen molar-refractivity contribution in [2.45, 2.75) is 70.8 Å². The predicted molar refractivity (Wildman–Crippen MR) is 180 cm³/mol. The number of guanidine groups is 1. The van der Waals surface area contributed by atoms with Crippen LogP contribution >= 0.6 is 22.9 Å². The zero-order valence-corrected chi connectivity index (χ0v) is 29.7. The van der Waals surface area contributed by atoms with Crippen LogP contribution in [0.1, 0.15) is 76.0 Å². The molecule has 1 aliphatic carbocycles. The molecule has 3 heterocycles. The van der Waals surface area contributed by atoms with Gasteiger partial charge in [0.15, 0.2) is 17.8 Å². The summed E-state index contributed by atoms with van der Waals surface area (Å²) < 4.78 is 88.9. The minimum absolute atomic E-state index is 0.0604. The number of nitrogens with one attached hydrogen (secondary N) is 1. The Kier molecular flexibility index (Phi) is 10.9. The maximum absolute atomic E-state index is 15.4. The number of ether oxygens (including phenoxy) is 1. The molecule has 2 aromatic heterocycles. The molecule has 6 rings (SSSR count). The summed E-state index contributed by atoms with van der Waals surface area (Å²) >= 11 is 7.57. The molecule has 2 amide bonds. The smallest absolute Gasteiger partial charge is 0.411 e. The second-order valence-corrected chi connectivity index (χ2v) is 14.9. The fraction of sp³-hybridized carbons (Fsp3) is 0.394. The topological polar surface area (TPSA) is 141 Å². The maximum Gasteiger partial charge on any atom is 0.411 e. The number of thiazole rings is 1. The first-order valence-electron chi connectivity index (χ1n) is 15.6. The summed E-state index contributed by atoms with van der Waals surface area (Å²) in [5.74, 6) is -2.82. The third-order valence-electron chi connectivity index (χ3n) is 7.66. The Morgan fingerprint density at radius 1 is 1.15 bits per heavy atom. The van der Waals surface area contributed by atoms with Crippen LogP contribution in [0.5, 0.6) is 0 Å². The van der Waals surface area contributed by atoms with Crippen LogP contribution in [0.25, 0.3) is 16.1 Å². The summed E-state index contributed by atoms with van der Waals surface area (Å²) in [6, 6.07) is 5.13. The highest BCUT2D eigenvalue weighted by Crippen LogP contribution is 2.49. The molecule has 52 heavy (non-hydrogen) atoms. The lowest BCUT2D eigenvalue weighted by Gasteiger charge is -2.29. The van der Waals surface area contributed by atoms with Gasteiger partial charge in [-0.05, 0) is 47.6 Å². The van der Waals surface area contributed by atoms with Gasteiger partial charge in [-0.15, -0.1) is 11.3 Å². The number of alkyl halides is 5. The number of nitrogens with zero attached hydrogens (tertiary/aromatic N) is 6. The van der Waals surface area contributed by atoms with Gasteiger partial charge in [-0.1, -0.05) is 57.5 Å². The lowest BCUT2D eigenvalue weighted by molar-refractivity contribution is -0.164. The van der Waals surface area contributed by atoms with Gasteiger partial charge in [0, 0.05) is 11.8 Å². The van der Waals surface area contributed by atoms with Crippen molar-refractivity contribution < 1.29 is 40.7 Å². The number of benzene rings is 2. The van der Waals surface area contributed by atoms with Crippen molar-refractivity contribution in [2.24, 2.45) is 16.1 Å². The van der Waals surface area contributed by atoms with Crippen LogP contribution in [0, 0.1) is 11.2 Å². The highest BCUT2D eigenvalue weighted by atomic mass is 35.5. The van der Waals surface area contributed by atoms with E-state index in [0.717, 1.165) is 15.9 Å². The number of amides is 2. The minimum atomic E-state index is -4.73. The Balaban J connectivity index is 0.000000979. The van der Waals surface area contributed by atoms with Crippen LogP contribution in [0.15, 0.2) is 59.4 Å². The quantitative estimate of drug-likeness (QED) is 0.165. The first kappa shape index (κ1) is 38.5. The minimum Gasteiger partial charge on any atom is -0.447 e. The summed E-state index contributed by atoms with van der Waals surface area (Å²) in [6.45, 7) is 7.97. The third kappa shape index (κ3) is 8.49. The first-order valence-corrected chi connectivity index (χ1v) is 16.9. The van der Waals surface area contributed by atoms with E-state index in [1.807, 2.05) is 5.32 Å². The van der Waals surface area contributed by atoms with Crippen molar-refractivity contribution in [3.8, 4) is 16.1 Å². The predicted octanol–water partition coefficient (Wildman–Crippen LogP) is 7.93. The number of alkyl carbamates (subject to hydrolysis) is 1. The molecule has 2 aromatic carbocycles. The number of hydrogen-bond acceptors (Lipinski definition) is 9. The number of carbonyl (C=O) groups is 2. The van der Waals surface area contributed by atoms with E-state index >= 15 is 4.39 Å². The molecule has 1 aliphatic heterocycles. The molecule has 0 saturated heterocycles. The van der Waals surface area contributed by atoms with Gasteiger partial charge in [0.1, 0.15) is 24.3 Å². The molecule has 0 bridgehead atoms.